The van der Waals surface area contributed by atoms with Crippen LogP contribution in [0.5, 0.6) is 0 Å². The molecule has 2 unspecified atom stereocenters. The molecule has 158 valence electrons. The normalized spacial score (nSPS) is 27.5. The number of carbonyl (C=O) groups excluding carboxylic acids is 4. The first-order chi connectivity index (χ1) is 12.8. The molecule has 2 aliphatic heterocycles. The van der Waals surface area contributed by atoms with Crippen molar-refractivity contribution in [3.05, 3.63) is 0 Å². The number of alkyl halides is 2. The predicted octanol–water partition coefficient (Wildman–Crippen LogP) is 2.28. The van der Waals surface area contributed by atoms with Crippen LogP contribution in [0.25, 0.3) is 0 Å². The molecular formula is C18H24Br2O8. The molecule has 0 aromatic heterocycles. The smallest absolute Gasteiger partial charge is 0.348 e. The summed E-state index contributed by atoms with van der Waals surface area (Å²) >= 11 is 6.46. The number of ether oxygens (including phenoxy) is 4. The number of rotatable bonds is 7. The molecule has 2 saturated heterocycles. The second-order valence-corrected chi connectivity index (χ2v) is 10.5. The van der Waals surface area contributed by atoms with Gasteiger partial charge in [-0.15, -0.1) is 0 Å². The maximum Gasteiger partial charge on any atom is 0.348 e. The van der Waals surface area contributed by atoms with Gasteiger partial charge in [0.2, 0.25) is 12.2 Å². The van der Waals surface area contributed by atoms with Gasteiger partial charge in [0.25, 0.3) is 0 Å². The van der Waals surface area contributed by atoms with Crippen molar-refractivity contribution in [1.29, 1.82) is 0 Å². The average molecular weight is 528 g/mol. The lowest BCUT2D eigenvalue weighted by Gasteiger charge is -2.24. The minimum Gasteiger partial charge on any atom is -0.462 e. The lowest BCUT2D eigenvalue weighted by atomic mass is 9.90. The van der Waals surface area contributed by atoms with Crippen LogP contribution in [0.1, 0.15) is 40.5 Å². The van der Waals surface area contributed by atoms with Crippen molar-refractivity contribution in [2.24, 2.45) is 10.8 Å². The van der Waals surface area contributed by atoms with Crippen LogP contribution in [0.3, 0.4) is 0 Å². The quantitative estimate of drug-likeness (QED) is 0.282. The summed E-state index contributed by atoms with van der Waals surface area (Å²) in [5.74, 6) is -2.34. The molecule has 0 aliphatic carbocycles. The largest absolute Gasteiger partial charge is 0.462 e. The first-order valence-electron chi connectivity index (χ1n) is 8.87. The Morgan fingerprint density at radius 2 is 1.21 bits per heavy atom. The Morgan fingerprint density at radius 3 is 1.46 bits per heavy atom. The minimum atomic E-state index is -0.958. The van der Waals surface area contributed by atoms with E-state index >= 15 is 0 Å². The molecule has 0 N–H and O–H groups in total. The van der Waals surface area contributed by atoms with E-state index in [1.807, 2.05) is 0 Å². The van der Waals surface area contributed by atoms with Gasteiger partial charge >= 0.3 is 23.9 Å². The second-order valence-electron chi connectivity index (χ2n) is 8.34. The van der Waals surface area contributed by atoms with Crippen LogP contribution in [-0.4, -0.2) is 59.0 Å². The zero-order valence-electron chi connectivity index (χ0n) is 16.2. The average Bonchev–Trinajstić information content (AvgIpc) is 3.02. The highest BCUT2D eigenvalue weighted by atomic mass is 79.9. The SMILES string of the molecule is CC1(C)COC(=O)[C@@H]1OC(=O)C(Br)CCC(Br)C(=O)O[C@H]1C(=O)OCC1(C)C. The number of hydrogen-bond acceptors (Lipinski definition) is 8. The number of hydrogen-bond donors (Lipinski definition) is 0. The van der Waals surface area contributed by atoms with Crippen molar-refractivity contribution in [2.75, 3.05) is 13.2 Å². The van der Waals surface area contributed by atoms with E-state index in [0.29, 0.717) is 0 Å². The van der Waals surface area contributed by atoms with Crippen molar-refractivity contribution in [2.45, 2.75) is 62.4 Å². The summed E-state index contributed by atoms with van der Waals surface area (Å²) < 4.78 is 20.5. The Labute approximate surface area is 180 Å². The summed E-state index contributed by atoms with van der Waals surface area (Å²) in [6, 6.07) is 0. The van der Waals surface area contributed by atoms with Gasteiger partial charge in [-0.1, -0.05) is 59.6 Å². The number of cyclic esters (lactones) is 2. The third-order valence-corrected chi connectivity index (χ3v) is 6.34. The molecule has 10 heteroatoms. The van der Waals surface area contributed by atoms with Crippen LogP contribution >= 0.6 is 31.9 Å². The highest BCUT2D eigenvalue weighted by Gasteiger charge is 2.48. The molecule has 0 radical (unpaired) electrons. The summed E-state index contributed by atoms with van der Waals surface area (Å²) in [7, 11) is 0. The topological polar surface area (TPSA) is 105 Å². The predicted molar refractivity (Wildman–Crippen MR) is 104 cm³/mol. The maximum atomic E-state index is 12.3. The number of esters is 4. The Hall–Kier alpha value is -1.16. The molecule has 2 fully saturated rings. The van der Waals surface area contributed by atoms with Gasteiger partial charge in [-0.3, -0.25) is 9.59 Å². The molecule has 2 aliphatic rings. The van der Waals surface area contributed by atoms with E-state index in [1.54, 1.807) is 27.7 Å². The number of carbonyl (C=O) groups is 4. The van der Waals surface area contributed by atoms with Gasteiger partial charge in [-0.2, -0.15) is 0 Å². The van der Waals surface area contributed by atoms with E-state index in [9.17, 15) is 19.2 Å². The highest BCUT2D eigenvalue weighted by molar-refractivity contribution is 9.10. The van der Waals surface area contributed by atoms with Crippen LogP contribution in [-0.2, 0) is 38.1 Å². The molecule has 28 heavy (non-hydrogen) atoms. The summed E-state index contributed by atoms with van der Waals surface area (Å²) in [4.78, 5) is 46.5. The molecule has 0 spiro atoms. The molecule has 0 saturated carbocycles. The van der Waals surface area contributed by atoms with Crippen LogP contribution in [0, 0.1) is 10.8 Å². The van der Waals surface area contributed by atoms with Gasteiger partial charge in [-0.05, 0) is 12.8 Å². The van der Waals surface area contributed by atoms with E-state index in [4.69, 9.17) is 18.9 Å². The molecule has 2 rings (SSSR count). The maximum absolute atomic E-state index is 12.3. The highest BCUT2D eigenvalue weighted by Crippen LogP contribution is 2.33. The van der Waals surface area contributed by atoms with Gasteiger partial charge in [0, 0.05) is 10.8 Å². The van der Waals surface area contributed by atoms with Crippen molar-refractivity contribution in [3.8, 4) is 0 Å². The fourth-order valence-corrected chi connectivity index (χ4v) is 3.52. The van der Waals surface area contributed by atoms with Crippen molar-refractivity contribution in [3.63, 3.8) is 0 Å². The fraction of sp³-hybridized carbons (Fsp3) is 0.778. The molecule has 2 heterocycles. The fourth-order valence-electron chi connectivity index (χ4n) is 2.78. The summed E-state index contributed by atoms with van der Waals surface area (Å²) in [5.41, 5.74) is -1.19. The second kappa shape index (κ2) is 8.69. The van der Waals surface area contributed by atoms with Gasteiger partial charge in [0.05, 0.1) is 0 Å². The van der Waals surface area contributed by atoms with Gasteiger partial charge in [0.1, 0.15) is 22.9 Å². The third kappa shape index (κ3) is 5.25. The standard InChI is InChI=1S/C18H24Br2O8/c1-17(2)7-25-15(23)11(17)27-13(21)9(19)5-6-10(20)14(22)28-12-16(24)26-8-18(12,3)4/h9-12H,5-8H2,1-4H3/t9?,10?,11-,12-/m0/s1. The van der Waals surface area contributed by atoms with Gasteiger partial charge in [0.15, 0.2) is 0 Å². The molecule has 0 amide bonds. The molecule has 4 atom stereocenters. The van der Waals surface area contributed by atoms with E-state index in [1.165, 1.54) is 0 Å². The van der Waals surface area contributed by atoms with E-state index in [0.717, 1.165) is 0 Å². The van der Waals surface area contributed by atoms with Gasteiger partial charge < -0.3 is 18.9 Å². The Bertz CT molecular complexity index is 604. The molecule has 8 nitrogen and oxygen atoms in total. The van der Waals surface area contributed by atoms with E-state index in [-0.39, 0.29) is 26.1 Å². The molecule has 0 bridgehead atoms. The Morgan fingerprint density at radius 1 is 0.893 bits per heavy atom. The van der Waals surface area contributed by atoms with E-state index < -0.39 is 56.6 Å². The monoisotopic (exact) mass is 526 g/mol. The van der Waals surface area contributed by atoms with Crippen LogP contribution in [0.15, 0.2) is 0 Å². The van der Waals surface area contributed by atoms with E-state index in [2.05, 4.69) is 31.9 Å². The van der Waals surface area contributed by atoms with Crippen LogP contribution in [0.2, 0.25) is 0 Å². The zero-order valence-corrected chi connectivity index (χ0v) is 19.3. The van der Waals surface area contributed by atoms with Crippen molar-refractivity contribution >= 4 is 55.7 Å². The van der Waals surface area contributed by atoms with Crippen molar-refractivity contribution < 1.29 is 38.1 Å². The lowest BCUT2D eigenvalue weighted by Crippen LogP contribution is -2.38. The summed E-state index contributed by atoms with van der Waals surface area (Å²) in [5, 5.41) is 0. The zero-order chi connectivity index (χ0) is 21.3. The minimum absolute atomic E-state index is 0.187. The third-order valence-electron chi connectivity index (χ3n) is 4.67. The Balaban J connectivity index is 1.82. The first-order valence-corrected chi connectivity index (χ1v) is 10.7. The summed E-state index contributed by atoms with van der Waals surface area (Å²) in [6.45, 7) is 7.48. The molecular weight excluding hydrogens is 504 g/mol. The number of halogens is 2. The van der Waals surface area contributed by atoms with Crippen LogP contribution < -0.4 is 0 Å². The van der Waals surface area contributed by atoms with Crippen LogP contribution in [0.4, 0.5) is 0 Å². The van der Waals surface area contributed by atoms with Crippen molar-refractivity contribution in [1.82, 2.24) is 0 Å². The molecule has 0 aromatic carbocycles. The lowest BCUT2D eigenvalue weighted by molar-refractivity contribution is -0.163. The molecule has 0 aromatic rings. The summed E-state index contributed by atoms with van der Waals surface area (Å²) in [6.07, 6.45) is -1.41. The Kier molecular flexibility index (Phi) is 7.17. The first kappa shape index (κ1) is 23.1. The van der Waals surface area contributed by atoms with Gasteiger partial charge in [-0.25, -0.2) is 9.59 Å².